The van der Waals surface area contributed by atoms with Gasteiger partial charge in [0.25, 0.3) is 0 Å². The van der Waals surface area contributed by atoms with Crippen LogP contribution in [0.1, 0.15) is 186 Å². The van der Waals surface area contributed by atoms with Crippen molar-refractivity contribution in [3.8, 4) is 0 Å². The van der Waals surface area contributed by atoms with E-state index in [1.807, 2.05) is 0 Å². The lowest BCUT2D eigenvalue weighted by molar-refractivity contribution is 0.232. The topological polar surface area (TPSA) is 24.1 Å². The van der Waals surface area contributed by atoms with Crippen LogP contribution in [0.4, 0.5) is 0 Å². The Balaban J connectivity index is 0.000000261. The Hall–Kier alpha value is -0.0800. The van der Waals surface area contributed by atoms with Crippen molar-refractivity contribution in [1.82, 2.24) is 10.6 Å². The van der Waals surface area contributed by atoms with Gasteiger partial charge in [-0.3, -0.25) is 0 Å². The molecule has 204 valence electrons. The molecule has 0 aromatic rings. The third-order valence-corrected chi connectivity index (χ3v) is 8.66. The van der Waals surface area contributed by atoms with Crippen molar-refractivity contribution < 1.29 is 0 Å². The Kier molecular flexibility index (Phi) is 23.1. The van der Waals surface area contributed by atoms with Gasteiger partial charge in [-0.05, 0) is 26.9 Å². The highest BCUT2D eigenvalue weighted by molar-refractivity contribution is 4.82. The molecule has 0 saturated heterocycles. The molecule has 0 spiro atoms. The monoisotopic (exact) mass is 479 g/mol. The first-order chi connectivity index (χ1) is 16.8. The van der Waals surface area contributed by atoms with E-state index in [9.17, 15) is 0 Å². The molecular weight excluding hydrogens is 412 g/mol. The fraction of sp³-hybridized carbons (Fsp3) is 1.00. The van der Waals surface area contributed by atoms with E-state index in [-0.39, 0.29) is 5.66 Å². The lowest BCUT2D eigenvalue weighted by atomic mass is 9.92. The Morgan fingerprint density at radius 2 is 0.412 bits per heavy atom. The fourth-order valence-corrected chi connectivity index (χ4v) is 6.02. The van der Waals surface area contributed by atoms with Gasteiger partial charge in [0.15, 0.2) is 0 Å². The summed E-state index contributed by atoms with van der Waals surface area (Å²) in [6.45, 7) is 0. The number of nitrogens with one attached hydrogen (secondary N) is 2. The molecule has 0 aliphatic heterocycles. The van der Waals surface area contributed by atoms with Gasteiger partial charge in [-0.25, -0.2) is 0 Å². The number of hydrogen-bond donors (Lipinski definition) is 2. The molecule has 0 radical (unpaired) electrons. The van der Waals surface area contributed by atoms with Crippen molar-refractivity contribution in [2.24, 2.45) is 0 Å². The molecule has 0 unspecified atom stereocenters. The molecule has 0 atom stereocenters. The summed E-state index contributed by atoms with van der Waals surface area (Å²) in [6.07, 6.45) is 42.4. The maximum Gasteiger partial charge on any atom is 0.0682 e. The normalized spacial score (nSPS) is 24.2. The summed E-state index contributed by atoms with van der Waals surface area (Å²) in [7, 11) is 4.17. The Labute approximate surface area is 216 Å². The average Bonchev–Trinajstić information content (AvgIpc) is 2.90. The maximum absolute atomic E-state index is 3.47. The van der Waals surface area contributed by atoms with Crippen LogP contribution in [-0.2, 0) is 0 Å². The lowest BCUT2D eigenvalue weighted by Crippen LogP contribution is -2.53. The number of rotatable bonds is 2. The molecule has 0 aromatic carbocycles. The molecule has 34 heavy (non-hydrogen) atoms. The van der Waals surface area contributed by atoms with Gasteiger partial charge < -0.3 is 10.6 Å². The molecule has 3 saturated carbocycles. The minimum atomic E-state index is 0.220. The molecule has 0 heterocycles. The molecule has 0 amide bonds. The predicted molar refractivity (Wildman–Crippen MR) is 155 cm³/mol. The lowest BCUT2D eigenvalue weighted by Gasteiger charge is -2.34. The zero-order chi connectivity index (χ0) is 24.4. The van der Waals surface area contributed by atoms with Crippen molar-refractivity contribution in [3.05, 3.63) is 0 Å². The Morgan fingerprint density at radius 1 is 0.265 bits per heavy atom. The summed E-state index contributed by atoms with van der Waals surface area (Å²) in [4.78, 5) is 0. The van der Waals surface area contributed by atoms with Crippen molar-refractivity contribution in [2.75, 3.05) is 14.1 Å². The van der Waals surface area contributed by atoms with Gasteiger partial charge in [-0.1, -0.05) is 173 Å². The van der Waals surface area contributed by atoms with Crippen LogP contribution < -0.4 is 10.6 Å². The standard InChI is InChI=1S/C12H26N2.2C10H20/c1-13-12(14-2)10-8-6-4-3-5-7-9-11-12;2*1-2-4-6-8-10-9-7-5-3-1/h13-14H,3-11H2,1-2H3;2*1-10H2. The van der Waals surface area contributed by atoms with Crippen LogP contribution in [0, 0.1) is 0 Å². The zero-order valence-corrected chi connectivity index (χ0v) is 24.0. The molecule has 2 N–H and O–H groups in total. The fourth-order valence-electron chi connectivity index (χ4n) is 6.02. The molecule has 2 heteroatoms. The molecule has 0 bridgehead atoms. The van der Waals surface area contributed by atoms with Crippen LogP contribution >= 0.6 is 0 Å². The summed E-state index contributed by atoms with van der Waals surface area (Å²) in [5.41, 5.74) is 0.220. The van der Waals surface area contributed by atoms with E-state index in [4.69, 9.17) is 0 Å². The van der Waals surface area contributed by atoms with Crippen LogP contribution in [0.3, 0.4) is 0 Å². The molecule has 0 aromatic heterocycles. The smallest absolute Gasteiger partial charge is 0.0682 e. The first-order valence-corrected chi connectivity index (χ1v) is 16.2. The minimum absolute atomic E-state index is 0.220. The highest BCUT2D eigenvalue weighted by Gasteiger charge is 2.24. The molecule has 3 aliphatic carbocycles. The summed E-state index contributed by atoms with van der Waals surface area (Å²) in [6, 6.07) is 0. The summed E-state index contributed by atoms with van der Waals surface area (Å²) in [5, 5.41) is 6.94. The predicted octanol–water partition coefficient (Wildman–Crippen LogP) is 10.4. The van der Waals surface area contributed by atoms with E-state index < -0.39 is 0 Å². The van der Waals surface area contributed by atoms with Crippen molar-refractivity contribution >= 4 is 0 Å². The highest BCUT2D eigenvalue weighted by atomic mass is 15.2. The second kappa shape index (κ2) is 24.6. The first-order valence-electron chi connectivity index (χ1n) is 16.2. The second-order valence-electron chi connectivity index (χ2n) is 11.6. The van der Waals surface area contributed by atoms with Crippen molar-refractivity contribution in [1.29, 1.82) is 0 Å². The van der Waals surface area contributed by atoms with E-state index in [0.717, 1.165) is 0 Å². The van der Waals surface area contributed by atoms with E-state index >= 15 is 0 Å². The zero-order valence-electron chi connectivity index (χ0n) is 24.0. The maximum atomic E-state index is 3.47. The summed E-state index contributed by atoms with van der Waals surface area (Å²) in [5.74, 6) is 0. The van der Waals surface area contributed by atoms with E-state index in [0.29, 0.717) is 0 Å². The quantitative estimate of drug-likeness (QED) is 0.386. The van der Waals surface area contributed by atoms with Gasteiger partial charge in [0.1, 0.15) is 0 Å². The van der Waals surface area contributed by atoms with Gasteiger partial charge in [0.05, 0.1) is 5.66 Å². The largest absolute Gasteiger partial charge is 0.302 e. The van der Waals surface area contributed by atoms with Gasteiger partial charge >= 0.3 is 0 Å². The Bertz CT molecular complexity index is 292. The van der Waals surface area contributed by atoms with Crippen LogP contribution in [0.2, 0.25) is 0 Å². The third kappa shape index (κ3) is 19.1. The van der Waals surface area contributed by atoms with Gasteiger partial charge in [0, 0.05) is 0 Å². The van der Waals surface area contributed by atoms with Crippen LogP contribution in [-0.4, -0.2) is 19.8 Å². The minimum Gasteiger partial charge on any atom is -0.302 e. The first kappa shape index (κ1) is 31.9. The molecule has 3 aliphatic rings. The van der Waals surface area contributed by atoms with E-state index in [1.54, 1.807) is 0 Å². The summed E-state index contributed by atoms with van der Waals surface area (Å²) >= 11 is 0. The third-order valence-electron chi connectivity index (χ3n) is 8.66. The SMILES string of the molecule is C1CCCCCCCCC1.C1CCCCCCCCC1.CNC1(NC)CCCCCCCCC1. The van der Waals surface area contributed by atoms with Crippen LogP contribution in [0.5, 0.6) is 0 Å². The molecule has 2 nitrogen and oxygen atoms in total. The number of hydrogen-bond acceptors (Lipinski definition) is 2. The van der Waals surface area contributed by atoms with Gasteiger partial charge in [0.2, 0.25) is 0 Å². The van der Waals surface area contributed by atoms with Crippen molar-refractivity contribution in [2.45, 2.75) is 192 Å². The van der Waals surface area contributed by atoms with Crippen LogP contribution in [0.25, 0.3) is 0 Å². The van der Waals surface area contributed by atoms with Gasteiger partial charge in [-0.2, -0.15) is 0 Å². The molecule has 3 rings (SSSR count). The van der Waals surface area contributed by atoms with E-state index in [2.05, 4.69) is 24.7 Å². The highest BCUT2D eigenvalue weighted by Crippen LogP contribution is 2.22. The second-order valence-corrected chi connectivity index (χ2v) is 11.6. The Morgan fingerprint density at radius 3 is 0.559 bits per heavy atom. The van der Waals surface area contributed by atoms with Crippen LogP contribution in [0.15, 0.2) is 0 Å². The summed E-state index contributed by atoms with van der Waals surface area (Å²) < 4.78 is 0. The van der Waals surface area contributed by atoms with E-state index in [1.165, 1.54) is 186 Å². The molecular formula is C32H66N2. The average molecular weight is 479 g/mol. The van der Waals surface area contributed by atoms with Crippen molar-refractivity contribution in [3.63, 3.8) is 0 Å². The van der Waals surface area contributed by atoms with Gasteiger partial charge in [-0.15, -0.1) is 0 Å². The molecule has 3 fully saturated rings.